The van der Waals surface area contributed by atoms with Crippen molar-refractivity contribution in [1.82, 2.24) is 5.16 Å². The minimum absolute atomic E-state index is 0.146. The topological polar surface area (TPSA) is 75.8 Å². The first-order valence-electron chi connectivity index (χ1n) is 6.01. The predicted octanol–water partition coefficient (Wildman–Crippen LogP) is 1.56. The maximum atomic E-state index is 12.1. The fourth-order valence-corrected chi connectivity index (χ4v) is 1.91. The van der Waals surface area contributed by atoms with E-state index in [4.69, 9.17) is 9.26 Å². The largest absolute Gasteiger partial charge is 0.491 e. The number of hydrogen-bond acceptors (Lipinski definition) is 5. The van der Waals surface area contributed by atoms with Crippen LogP contribution in [0, 0.1) is 0 Å². The average molecular weight is 266 g/mol. The highest BCUT2D eigenvalue weighted by atomic mass is 16.5. The molecule has 1 aromatic heterocycles. The Bertz CT molecular complexity index is 539. The number of rotatable bonds is 2. The molecule has 0 saturated heterocycles. The molecule has 6 nitrogen and oxygen atoms in total. The summed E-state index contributed by atoms with van der Waals surface area (Å²) < 4.78 is 10.2. The van der Waals surface area contributed by atoms with Gasteiger partial charge < -0.3 is 14.4 Å². The first kappa shape index (κ1) is 13.6. The van der Waals surface area contributed by atoms with Gasteiger partial charge in [0.2, 0.25) is 0 Å². The lowest BCUT2D eigenvalue weighted by molar-refractivity contribution is -0.118. The molecule has 19 heavy (non-hydrogen) atoms. The number of anilines is 1. The molecule has 6 heteroatoms. The highest BCUT2D eigenvalue weighted by Crippen LogP contribution is 2.32. The van der Waals surface area contributed by atoms with Crippen LogP contribution in [0.4, 0.5) is 5.82 Å². The number of methoxy groups -OCH3 is 1. The smallest absolute Gasteiger partial charge is 0.297 e. The lowest BCUT2D eigenvalue weighted by Gasteiger charge is -2.17. The molecule has 1 amide bonds. The Morgan fingerprint density at radius 2 is 2.11 bits per heavy atom. The van der Waals surface area contributed by atoms with Crippen LogP contribution in [-0.4, -0.2) is 29.5 Å². The molecule has 2 heterocycles. The second-order valence-corrected chi connectivity index (χ2v) is 5.56. The van der Waals surface area contributed by atoms with E-state index in [1.807, 2.05) is 20.8 Å². The van der Waals surface area contributed by atoms with Crippen molar-refractivity contribution in [2.24, 2.45) is 0 Å². The van der Waals surface area contributed by atoms with Crippen LogP contribution in [0.25, 0.3) is 0 Å². The summed E-state index contributed by atoms with van der Waals surface area (Å²) in [6, 6.07) is 1.66. The second kappa shape index (κ2) is 4.38. The molecule has 0 spiro atoms. The molecule has 0 aromatic carbocycles. The number of amides is 1. The maximum absolute atomic E-state index is 12.1. The Hall–Kier alpha value is -1.82. The normalized spacial score (nSPS) is 20.4. The van der Waals surface area contributed by atoms with Gasteiger partial charge in [-0.1, -0.05) is 25.9 Å². The summed E-state index contributed by atoms with van der Waals surface area (Å²) in [6.45, 7) is 7.57. The molecule has 0 fully saturated rings. The zero-order valence-corrected chi connectivity index (χ0v) is 11.7. The van der Waals surface area contributed by atoms with Crippen molar-refractivity contribution in [2.75, 3.05) is 12.0 Å². The summed E-state index contributed by atoms with van der Waals surface area (Å²) in [7, 11) is 1.40. The quantitative estimate of drug-likeness (QED) is 0.879. The van der Waals surface area contributed by atoms with Crippen LogP contribution in [0.5, 0.6) is 0 Å². The Balaban J connectivity index is 2.35. The molecule has 1 atom stereocenters. The fourth-order valence-electron chi connectivity index (χ4n) is 1.91. The molecule has 1 aliphatic rings. The lowest BCUT2D eigenvalue weighted by Crippen LogP contribution is -2.35. The summed E-state index contributed by atoms with van der Waals surface area (Å²) in [4.78, 5) is 13.3. The molecular formula is C13H18N2O4. The van der Waals surface area contributed by atoms with Gasteiger partial charge in [0.1, 0.15) is 5.76 Å². The average Bonchev–Trinajstić information content (AvgIpc) is 2.85. The molecule has 0 aliphatic carbocycles. The van der Waals surface area contributed by atoms with Crippen LogP contribution in [0.2, 0.25) is 0 Å². The molecule has 104 valence electrons. The van der Waals surface area contributed by atoms with Crippen LogP contribution in [0.15, 0.2) is 21.9 Å². The number of aliphatic hydroxyl groups excluding tert-OH is 1. The summed E-state index contributed by atoms with van der Waals surface area (Å²) in [5.74, 6) is 0.661. The van der Waals surface area contributed by atoms with E-state index in [1.165, 1.54) is 7.11 Å². The summed E-state index contributed by atoms with van der Waals surface area (Å²) in [6.07, 6.45) is -1.07. The van der Waals surface area contributed by atoms with Crippen molar-refractivity contribution < 1.29 is 19.2 Å². The van der Waals surface area contributed by atoms with Gasteiger partial charge in [-0.15, -0.1) is 0 Å². The van der Waals surface area contributed by atoms with E-state index in [-0.39, 0.29) is 17.0 Å². The maximum Gasteiger partial charge on any atom is 0.297 e. The van der Waals surface area contributed by atoms with Crippen molar-refractivity contribution in [1.29, 1.82) is 0 Å². The molecule has 0 radical (unpaired) electrons. The minimum Gasteiger partial charge on any atom is -0.491 e. The van der Waals surface area contributed by atoms with Gasteiger partial charge in [0.25, 0.3) is 5.91 Å². The third kappa shape index (κ3) is 2.12. The number of aromatic nitrogens is 1. The standard InChI is InChI=1S/C13H18N2O4/c1-7-10(18-5)12(17)15(11(7)16)9-6-8(19-14-9)13(2,3)4/h6,11,16H,1-5H3. The molecule has 0 bridgehead atoms. The number of nitrogens with zero attached hydrogens (tertiary/aromatic N) is 2. The number of hydrogen-bond donors (Lipinski definition) is 1. The monoisotopic (exact) mass is 266 g/mol. The Kier molecular flexibility index (Phi) is 3.14. The van der Waals surface area contributed by atoms with Crippen LogP contribution in [0.3, 0.4) is 0 Å². The molecule has 1 unspecified atom stereocenters. The third-order valence-corrected chi connectivity index (χ3v) is 3.09. The van der Waals surface area contributed by atoms with Gasteiger partial charge in [0, 0.05) is 17.1 Å². The Morgan fingerprint density at radius 1 is 1.47 bits per heavy atom. The van der Waals surface area contributed by atoms with Crippen LogP contribution in [0.1, 0.15) is 33.5 Å². The van der Waals surface area contributed by atoms with Gasteiger partial charge in [-0.25, -0.2) is 0 Å². The van der Waals surface area contributed by atoms with Crippen molar-refractivity contribution in [3.63, 3.8) is 0 Å². The Morgan fingerprint density at radius 3 is 2.53 bits per heavy atom. The van der Waals surface area contributed by atoms with Gasteiger partial charge in [-0.05, 0) is 6.92 Å². The van der Waals surface area contributed by atoms with E-state index in [0.717, 1.165) is 4.90 Å². The number of carbonyl (C=O) groups is 1. The van der Waals surface area contributed by atoms with E-state index < -0.39 is 12.1 Å². The molecular weight excluding hydrogens is 248 g/mol. The van der Waals surface area contributed by atoms with Gasteiger partial charge in [-0.3, -0.25) is 9.69 Å². The van der Waals surface area contributed by atoms with Crippen LogP contribution < -0.4 is 4.90 Å². The van der Waals surface area contributed by atoms with Gasteiger partial charge >= 0.3 is 0 Å². The number of ether oxygens (including phenoxy) is 1. The van der Waals surface area contributed by atoms with Crippen molar-refractivity contribution in [2.45, 2.75) is 39.3 Å². The van der Waals surface area contributed by atoms with E-state index in [9.17, 15) is 9.90 Å². The second-order valence-electron chi connectivity index (χ2n) is 5.56. The van der Waals surface area contributed by atoms with E-state index in [0.29, 0.717) is 11.3 Å². The van der Waals surface area contributed by atoms with Gasteiger partial charge in [-0.2, -0.15) is 0 Å². The first-order valence-corrected chi connectivity index (χ1v) is 6.01. The van der Waals surface area contributed by atoms with E-state index in [2.05, 4.69) is 5.16 Å². The zero-order valence-electron chi connectivity index (χ0n) is 11.7. The van der Waals surface area contributed by atoms with Crippen molar-refractivity contribution in [3.05, 3.63) is 23.2 Å². The van der Waals surface area contributed by atoms with E-state index in [1.54, 1.807) is 13.0 Å². The van der Waals surface area contributed by atoms with Gasteiger partial charge in [0.05, 0.1) is 7.11 Å². The Labute approximate surface area is 111 Å². The summed E-state index contributed by atoms with van der Waals surface area (Å²) in [5, 5.41) is 13.9. The molecule has 1 aliphatic heterocycles. The SMILES string of the molecule is COC1=C(C)C(O)N(c2cc(C(C)(C)C)on2)C1=O. The zero-order chi connectivity index (χ0) is 14.4. The highest BCUT2D eigenvalue weighted by molar-refractivity contribution is 6.07. The number of aliphatic hydroxyl groups is 1. The summed E-state index contributed by atoms with van der Waals surface area (Å²) in [5.41, 5.74) is 0.249. The van der Waals surface area contributed by atoms with Crippen molar-refractivity contribution >= 4 is 11.7 Å². The number of carbonyl (C=O) groups excluding carboxylic acids is 1. The molecule has 0 saturated carbocycles. The molecule has 2 rings (SSSR count). The highest BCUT2D eigenvalue weighted by Gasteiger charge is 2.40. The minimum atomic E-state index is -1.07. The summed E-state index contributed by atoms with van der Waals surface area (Å²) >= 11 is 0. The van der Waals surface area contributed by atoms with Gasteiger partial charge in [0.15, 0.2) is 17.8 Å². The fraction of sp³-hybridized carbons (Fsp3) is 0.538. The molecule has 1 aromatic rings. The lowest BCUT2D eigenvalue weighted by atomic mass is 9.93. The van der Waals surface area contributed by atoms with Crippen LogP contribution in [-0.2, 0) is 14.9 Å². The van der Waals surface area contributed by atoms with E-state index >= 15 is 0 Å². The van der Waals surface area contributed by atoms with Crippen LogP contribution >= 0.6 is 0 Å². The molecule has 1 N–H and O–H groups in total. The first-order chi connectivity index (χ1) is 8.77. The predicted molar refractivity (Wildman–Crippen MR) is 68.4 cm³/mol. The third-order valence-electron chi connectivity index (χ3n) is 3.09. The van der Waals surface area contributed by atoms with Crippen molar-refractivity contribution in [3.8, 4) is 0 Å².